The summed E-state index contributed by atoms with van der Waals surface area (Å²) in [6, 6.07) is 9.22. The van der Waals surface area contributed by atoms with Gasteiger partial charge in [-0.3, -0.25) is 0 Å². The number of nitrogens with zero attached hydrogens (tertiary/aromatic N) is 1. The second-order valence-corrected chi connectivity index (χ2v) is 4.26. The van der Waals surface area contributed by atoms with Crippen LogP contribution in [0, 0.1) is 5.92 Å². The number of carbonyl (C=O) groups is 2. The van der Waals surface area contributed by atoms with Crippen LogP contribution in [0.4, 0.5) is 4.79 Å². The van der Waals surface area contributed by atoms with Crippen molar-refractivity contribution >= 4 is 17.8 Å². The molecule has 0 aromatic heterocycles. The van der Waals surface area contributed by atoms with Crippen LogP contribution in [0.15, 0.2) is 35.3 Å². The molecule has 0 radical (unpaired) electrons. The monoisotopic (exact) mass is 277 g/mol. The lowest BCUT2D eigenvalue weighted by Gasteiger charge is -2.25. The van der Waals surface area contributed by atoms with Gasteiger partial charge in [-0.05, 0) is 5.56 Å². The first-order valence-corrected chi connectivity index (χ1v) is 6.16. The first kappa shape index (κ1) is 14.2. The Hall–Kier alpha value is -2.21. The number of hydrogen-bond donors (Lipinski definition) is 0. The molecule has 1 aromatic rings. The zero-order valence-corrected chi connectivity index (χ0v) is 11.1. The van der Waals surface area contributed by atoms with Gasteiger partial charge in [-0.25, -0.2) is 9.59 Å². The Kier molecular flexibility index (Phi) is 4.84. The van der Waals surface area contributed by atoms with E-state index in [4.69, 9.17) is 9.47 Å². The molecule has 106 valence electrons. The van der Waals surface area contributed by atoms with Gasteiger partial charge in [0.05, 0.1) is 26.2 Å². The molecule has 0 saturated carbocycles. The molecular weight excluding hydrogens is 262 g/mol. The Bertz CT molecular complexity index is 508. The van der Waals surface area contributed by atoms with Crippen molar-refractivity contribution in [3.63, 3.8) is 0 Å². The van der Waals surface area contributed by atoms with Gasteiger partial charge in [-0.1, -0.05) is 30.3 Å². The third-order valence-electron chi connectivity index (χ3n) is 2.84. The molecule has 1 aliphatic heterocycles. The van der Waals surface area contributed by atoms with E-state index in [0.717, 1.165) is 5.56 Å². The molecule has 2 rings (SSSR count). The van der Waals surface area contributed by atoms with E-state index in [-0.39, 0.29) is 18.2 Å². The van der Waals surface area contributed by atoms with Crippen molar-refractivity contribution in [2.45, 2.75) is 6.61 Å². The summed E-state index contributed by atoms with van der Waals surface area (Å²) in [5.74, 6) is -0.832. The molecule has 0 atom stereocenters. The van der Waals surface area contributed by atoms with Gasteiger partial charge in [-0.2, -0.15) is 4.99 Å². The van der Waals surface area contributed by atoms with E-state index in [9.17, 15) is 9.59 Å². The van der Waals surface area contributed by atoms with Crippen LogP contribution in [0.5, 0.6) is 0 Å². The largest absolute Gasteiger partial charge is 0.465 e. The average Bonchev–Trinajstić information content (AvgIpc) is 2.43. The summed E-state index contributed by atoms with van der Waals surface area (Å²) in [5, 5.41) is 0. The lowest BCUT2D eigenvalue weighted by atomic mass is 10.0. The van der Waals surface area contributed by atoms with E-state index < -0.39 is 12.1 Å². The van der Waals surface area contributed by atoms with Crippen molar-refractivity contribution in [2.24, 2.45) is 10.9 Å². The van der Waals surface area contributed by atoms with Gasteiger partial charge >= 0.3 is 12.1 Å². The first-order chi connectivity index (χ1) is 9.70. The van der Waals surface area contributed by atoms with E-state index in [0.29, 0.717) is 13.2 Å². The number of hydrogen-bond acceptors (Lipinski definition) is 5. The minimum absolute atomic E-state index is 0.0526. The van der Waals surface area contributed by atoms with Crippen LogP contribution in [0.1, 0.15) is 5.56 Å². The van der Waals surface area contributed by atoms with Gasteiger partial charge in [0.1, 0.15) is 12.3 Å². The maximum atomic E-state index is 11.6. The molecule has 6 nitrogen and oxygen atoms in total. The van der Waals surface area contributed by atoms with Crippen LogP contribution in [0.25, 0.3) is 0 Å². The fourth-order valence-electron chi connectivity index (χ4n) is 1.65. The van der Waals surface area contributed by atoms with Gasteiger partial charge in [0, 0.05) is 0 Å². The molecule has 0 spiro atoms. The number of amides is 1. The maximum absolute atomic E-state index is 11.6. The highest BCUT2D eigenvalue weighted by Gasteiger charge is 2.31. The molecular formula is C14H15NO5. The van der Waals surface area contributed by atoms with Gasteiger partial charge < -0.3 is 14.2 Å². The topological polar surface area (TPSA) is 74.2 Å². The van der Waals surface area contributed by atoms with Crippen molar-refractivity contribution in [3.05, 3.63) is 35.9 Å². The average molecular weight is 277 g/mol. The van der Waals surface area contributed by atoms with E-state index in [1.807, 2.05) is 30.3 Å². The van der Waals surface area contributed by atoms with Gasteiger partial charge in [-0.15, -0.1) is 0 Å². The summed E-state index contributed by atoms with van der Waals surface area (Å²) in [6.45, 7) is 0.832. The molecule has 0 aliphatic carbocycles. The summed E-state index contributed by atoms with van der Waals surface area (Å²) in [6.07, 6.45) is -0.804. The van der Waals surface area contributed by atoms with E-state index >= 15 is 0 Å². The summed E-state index contributed by atoms with van der Waals surface area (Å²) in [5.41, 5.74) is 0.902. The van der Waals surface area contributed by atoms with Crippen LogP contribution in [-0.2, 0) is 25.6 Å². The molecule has 0 bridgehead atoms. The number of benzene rings is 1. The Balaban J connectivity index is 1.96. The first-order valence-electron chi connectivity index (χ1n) is 6.16. The predicted molar refractivity (Wildman–Crippen MR) is 70.4 cm³/mol. The fraction of sp³-hybridized carbons (Fsp3) is 0.357. The van der Waals surface area contributed by atoms with Crippen LogP contribution >= 0.6 is 0 Å². The predicted octanol–water partition coefficient (Wildman–Crippen LogP) is 1.58. The van der Waals surface area contributed by atoms with Gasteiger partial charge in [0.2, 0.25) is 0 Å². The van der Waals surface area contributed by atoms with Gasteiger partial charge in [0.15, 0.2) is 0 Å². The Morgan fingerprint density at radius 1 is 1.30 bits per heavy atom. The van der Waals surface area contributed by atoms with Crippen LogP contribution in [0.3, 0.4) is 0 Å². The number of aliphatic imine (C=N–C) groups is 1. The molecule has 1 amide bonds. The highest BCUT2D eigenvalue weighted by molar-refractivity contribution is 6.38. The van der Waals surface area contributed by atoms with E-state index in [1.54, 1.807) is 0 Å². The maximum Gasteiger partial charge on any atom is 0.434 e. The highest BCUT2D eigenvalue weighted by Crippen LogP contribution is 2.14. The Morgan fingerprint density at radius 3 is 2.55 bits per heavy atom. The lowest BCUT2D eigenvalue weighted by Crippen LogP contribution is -2.40. The Labute approximate surface area is 116 Å². The second kappa shape index (κ2) is 6.81. The minimum atomic E-state index is -0.804. The fourth-order valence-corrected chi connectivity index (χ4v) is 1.65. The van der Waals surface area contributed by atoms with E-state index in [1.165, 1.54) is 7.11 Å². The smallest absolute Gasteiger partial charge is 0.434 e. The van der Waals surface area contributed by atoms with E-state index in [2.05, 4.69) is 9.73 Å². The number of methoxy groups -OCH3 is 1. The van der Waals surface area contributed by atoms with Crippen LogP contribution < -0.4 is 0 Å². The third kappa shape index (κ3) is 3.64. The van der Waals surface area contributed by atoms with Crippen LogP contribution in [-0.4, -0.2) is 38.1 Å². The molecule has 6 heteroatoms. The van der Waals surface area contributed by atoms with Crippen molar-refractivity contribution in [1.29, 1.82) is 0 Å². The van der Waals surface area contributed by atoms with Crippen molar-refractivity contribution in [2.75, 3.05) is 20.3 Å². The lowest BCUT2D eigenvalue weighted by molar-refractivity contribution is -0.134. The Morgan fingerprint density at radius 2 is 2.00 bits per heavy atom. The molecule has 1 aromatic carbocycles. The molecule has 1 heterocycles. The third-order valence-corrected chi connectivity index (χ3v) is 2.84. The quantitative estimate of drug-likeness (QED) is 0.617. The number of rotatable bonds is 4. The molecule has 1 fully saturated rings. The number of ether oxygens (including phenoxy) is 3. The van der Waals surface area contributed by atoms with Crippen molar-refractivity contribution in [1.82, 2.24) is 0 Å². The summed E-state index contributed by atoms with van der Waals surface area (Å²) >= 11 is 0. The molecule has 1 saturated heterocycles. The second-order valence-electron chi connectivity index (χ2n) is 4.26. The molecule has 20 heavy (non-hydrogen) atoms. The normalized spacial score (nSPS) is 15.3. The van der Waals surface area contributed by atoms with Crippen molar-refractivity contribution in [3.8, 4) is 0 Å². The summed E-state index contributed by atoms with van der Waals surface area (Å²) in [7, 11) is 1.24. The summed E-state index contributed by atoms with van der Waals surface area (Å²) < 4.78 is 14.6. The molecule has 0 N–H and O–H groups in total. The molecule has 0 unspecified atom stereocenters. The summed E-state index contributed by atoms with van der Waals surface area (Å²) in [4.78, 5) is 26.9. The SMILES string of the molecule is COC(=O)C(=NC(=O)OCc1ccccc1)C1COC1. The van der Waals surface area contributed by atoms with Crippen LogP contribution in [0.2, 0.25) is 0 Å². The zero-order chi connectivity index (χ0) is 14.4. The van der Waals surface area contributed by atoms with Crippen molar-refractivity contribution < 1.29 is 23.8 Å². The standard InChI is InChI=1S/C14H15NO5/c1-18-13(16)12(11-8-19-9-11)15-14(17)20-7-10-5-3-2-4-6-10/h2-6,11H,7-9H2,1H3. The minimum Gasteiger partial charge on any atom is -0.465 e. The zero-order valence-electron chi connectivity index (χ0n) is 11.1. The van der Waals surface area contributed by atoms with Gasteiger partial charge in [0.25, 0.3) is 0 Å². The highest BCUT2D eigenvalue weighted by atomic mass is 16.5. The number of carbonyl (C=O) groups excluding carboxylic acids is 2. The number of esters is 1. The molecule has 1 aliphatic rings.